The van der Waals surface area contributed by atoms with E-state index in [9.17, 15) is 0 Å². The second kappa shape index (κ2) is 6.32. The van der Waals surface area contributed by atoms with E-state index in [2.05, 4.69) is 28.1 Å². The van der Waals surface area contributed by atoms with E-state index in [1.165, 1.54) is 37.0 Å². The lowest BCUT2D eigenvalue weighted by Gasteiger charge is -2.29. The number of thiophene rings is 1. The van der Waals surface area contributed by atoms with Crippen LogP contribution >= 0.6 is 27.3 Å². The smallest absolute Gasteiger partial charge is 0.107 e. The Bertz CT molecular complexity index is 347. The molecule has 4 heteroatoms. The molecule has 2 nitrogen and oxygen atoms in total. The van der Waals surface area contributed by atoms with Crippen LogP contribution in [-0.2, 0) is 4.74 Å². The van der Waals surface area contributed by atoms with Gasteiger partial charge in [-0.05, 0) is 47.8 Å². The van der Waals surface area contributed by atoms with E-state index in [0.29, 0.717) is 6.10 Å². The summed E-state index contributed by atoms with van der Waals surface area (Å²) in [6, 6.07) is 4.23. The normalized spacial score (nSPS) is 21.4. The summed E-state index contributed by atoms with van der Waals surface area (Å²) in [6.45, 7) is 2.03. The van der Waals surface area contributed by atoms with E-state index < -0.39 is 0 Å². The predicted octanol–water partition coefficient (Wildman–Crippen LogP) is 4.25. The maximum Gasteiger partial charge on any atom is 0.107 e. The highest BCUT2D eigenvalue weighted by Gasteiger charge is 2.24. The predicted molar refractivity (Wildman–Crippen MR) is 76.4 cm³/mol. The van der Waals surface area contributed by atoms with Crippen LogP contribution < -0.4 is 5.73 Å². The summed E-state index contributed by atoms with van der Waals surface area (Å²) in [6.07, 6.45) is 6.78. The van der Waals surface area contributed by atoms with Crippen molar-refractivity contribution in [2.45, 2.75) is 57.3 Å². The van der Waals surface area contributed by atoms with Crippen molar-refractivity contribution in [2.24, 2.45) is 5.73 Å². The summed E-state index contributed by atoms with van der Waals surface area (Å²) in [7, 11) is 0. The Balaban J connectivity index is 2.01. The third-order valence-electron chi connectivity index (χ3n) is 3.24. The molecule has 0 bridgehead atoms. The molecular weight excluding hydrogens is 298 g/mol. The lowest BCUT2D eigenvalue weighted by atomic mass is 9.97. The Morgan fingerprint density at radius 2 is 2.06 bits per heavy atom. The van der Waals surface area contributed by atoms with Crippen LogP contribution in [0, 0.1) is 0 Å². The summed E-state index contributed by atoms with van der Waals surface area (Å²) in [5.41, 5.74) is 6.06. The molecule has 1 aliphatic carbocycles. The van der Waals surface area contributed by atoms with E-state index in [0.717, 1.165) is 3.79 Å². The molecule has 2 unspecified atom stereocenters. The standard InChI is InChI=1S/C13H20BrNOS/c1-9(15)13(11-7-8-12(14)17-11)16-10-5-3-2-4-6-10/h7-10,13H,2-6,15H2,1H3. The molecule has 96 valence electrons. The van der Waals surface area contributed by atoms with Crippen LogP contribution in [0.25, 0.3) is 0 Å². The average molecular weight is 318 g/mol. The minimum Gasteiger partial charge on any atom is -0.368 e. The van der Waals surface area contributed by atoms with Crippen LogP contribution in [0.3, 0.4) is 0 Å². The molecule has 0 radical (unpaired) electrons. The van der Waals surface area contributed by atoms with Crippen molar-refractivity contribution in [1.82, 2.24) is 0 Å². The van der Waals surface area contributed by atoms with Gasteiger partial charge in [-0.25, -0.2) is 0 Å². The topological polar surface area (TPSA) is 35.2 Å². The molecule has 2 atom stereocenters. The Kier molecular flexibility index (Phi) is 5.03. The fourth-order valence-corrected chi connectivity index (χ4v) is 3.92. The van der Waals surface area contributed by atoms with Crippen molar-refractivity contribution in [3.63, 3.8) is 0 Å². The minimum absolute atomic E-state index is 0.0440. The summed E-state index contributed by atoms with van der Waals surface area (Å²) in [5.74, 6) is 0. The Hall–Kier alpha value is 0.1000. The minimum atomic E-state index is 0.0440. The van der Waals surface area contributed by atoms with E-state index in [4.69, 9.17) is 10.5 Å². The fraction of sp³-hybridized carbons (Fsp3) is 0.692. The molecule has 1 aromatic rings. The molecule has 1 saturated carbocycles. The van der Waals surface area contributed by atoms with Crippen LogP contribution in [0.4, 0.5) is 0 Å². The van der Waals surface area contributed by atoms with Gasteiger partial charge in [-0.1, -0.05) is 19.3 Å². The number of nitrogens with two attached hydrogens (primary N) is 1. The van der Waals surface area contributed by atoms with Crippen molar-refractivity contribution in [1.29, 1.82) is 0 Å². The van der Waals surface area contributed by atoms with Gasteiger partial charge in [0.2, 0.25) is 0 Å². The Labute approximate surface area is 116 Å². The van der Waals surface area contributed by atoms with Gasteiger partial charge in [-0.2, -0.15) is 0 Å². The van der Waals surface area contributed by atoms with Crippen LogP contribution in [0.5, 0.6) is 0 Å². The molecule has 0 spiro atoms. The third kappa shape index (κ3) is 3.78. The first kappa shape index (κ1) is 13.5. The van der Waals surface area contributed by atoms with Gasteiger partial charge in [-0.15, -0.1) is 11.3 Å². The average Bonchev–Trinajstić information content (AvgIpc) is 2.73. The second-order valence-electron chi connectivity index (χ2n) is 4.82. The first-order valence-electron chi connectivity index (χ1n) is 6.33. The maximum atomic E-state index is 6.22. The molecule has 17 heavy (non-hydrogen) atoms. The van der Waals surface area contributed by atoms with Gasteiger partial charge in [-0.3, -0.25) is 0 Å². The highest BCUT2D eigenvalue weighted by Crippen LogP contribution is 2.34. The van der Waals surface area contributed by atoms with Gasteiger partial charge in [0.15, 0.2) is 0 Å². The molecule has 0 saturated heterocycles. The molecule has 2 rings (SSSR count). The van der Waals surface area contributed by atoms with Crippen LogP contribution in [-0.4, -0.2) is 12.1 Å². The second-order valence-corrected chi connectivity index (χ2v) is 7.31. The van der Waals surface area contributed by atoms with Gasteiger partial charge in [0.1, 0.15) is 6.10 Å². The Morgan fingerprint density at radius 3 is 2.59 bits per heavy atom. The monoisotopic (exact) mass is 317 g/mol. The van der Waals surface area contributed by atoms with E-state index in [1.807, 2.05) is 6.92 Å². The number of halogens is 1. The summed E-state index contributed by atoms with van der Waals surface area (Å²) in [4.78, 5) is 1.23. The van der Waals surface area contributed by atoms with Gasteiger partial charge in [0.25, 0.3) is 0 Å². The number of rotatable bonds is 4. The number of hydrogen-bond acceptors (Lipinski definition) is 3. The quantitative estimate of drug-likeness (QED) is 0.901. The molecule has 0 amide bonds. The maximum absolute atomic E-state index is 6.22. The van der Waals surface area contributed by atoms with Gasteiger partial charge in [0, 0.05) is 10.9 Å². The first-order valence-corrected chi connectivity index (χ1v) is 7.94. The number of hydrogen-bond donors (Lipinski definition) is 1. The lowest BCUT2D eigenvalue weighted by Crippen LogP contribution is -2.30. The van der Waals surface area contributed by atoms with Crippen LogP contribution in [0.1, 0.15) is 50.0 Å². The zero-order chi connectivity index (χ0) is 12.3. The van der Waals surface area contributed by atoms with E-state index >= 15 is 0 Å². The molecule has 1 aromatic heterocycles. The SMILES string of the molecule is CC(N)C(OC1CCCCC1)c1ccc(Br)s1. The van der Waals surface area contributed by atoms with E-state index in [1.54, 1.807) is 11.3 Å². The molecular formula is C13H20BrNOS. The molecule has 2 N–H and O–H groups in total. The van der Waals surface area contributed by atoms with Crippen LogP contribution in [0.2, 0.25) is 0 Å². The van der Waals surface area contributed by atoms with Crippen molar-refractivity contribution in [3.05, 3.63) is 20.8 Å². The fourth-order valence-electron chi connectivity index (χ4n) is 2.34. The van der Waals surface area contributed by atoms with Gasteiger partial charge >= 0.3 is 0 Å². The van der Waals surface area contributed by atoms with Crippen LogP contribution in [0.15, 0.2) is 15.9 Å². The van der Waals surface area contributed by atoms with Gasteiger partial charge in [0.05, 0.1) is 9.89 Å². The van der Waals surface area contributed by atoms with Crippen molar-refractivity contribution in [3.8, 4) is 0 Å². The molecule has 0 aromatic carbocycles. The summed E-state index contributed by atoms with van der Waals surface area (Å²) >= 11 is 5.22. The van der Waals surface area contributed by atoms with Gasteiger partial charge < -0.3 is 10.5 Å². The van der Waals surface area contributed by atoms with Crippen molar-refractivity contribution in [2.75, 3.05) is 0 Å². The van der Waals surface area contributed by atoms with E-state index in [-0.39, 0.29) is 12.1 Å². The molecule has 0 aliphatic heterocycles. The molecule has 1 heterocycles. The molecule has 1 aliphatic rings. The Morgan fingerprint density at radius 1 is 1.35 bits per heavy atom. The zero-order valence-electron chi connectivity index (χ0n) is 10.2. The lowest BCUT2D eigenvalue weighted by molar-refractivity contribution is -0.0389. The number of ether oxygens (including phenoxy) is 1. The third-order valence-corrected chi connectivity index (χ3v) is 4.93. The zero-order valence-corrected chi connectivity index (χ0v) is 12.6. The first-order chi connectivity index (χ1) is 8.16. The highest BCUT2D eigenvalue weighted by atomic mass is 79.9. The highest BCUT2D eigenvalue weighted by molar-refractivity contribution is 9.11. The van der Waals surface area contributed by atoms with Crippen molar-refractivity contribution < 1.29 is 4.74 Å². The molecule has 1 fully saturated rings. The summed E-state index contributed by atoms with van der Waals surface area (Å²) in [5, 5.41) is 0. The summed E-state index contributed by atoms with van der Waals surface area (Å²) < 4.78 is 7.36. The largest absolute Gasteiger partial charge is 0.368 e. The van der Waals surface area contributed by atoms with Crippen molar-refractivity contribution >= 4 is 27.3 Å².